The van der Waals surface area contributed by atoms with E-state index in [1.54, 1.807) is 0 Å². The fourth-order valence-corrected chi connectivity index (χ4v) is 5.23. The van der Waals surface area contributed by atoms with E-state index >= 15 is 0 Å². The molecule has 1 aromatic carbocycles. The van der Waals surface area contributed by atoms with Crippen molar-refractivity contribution in [1.29, 1.82) is 0 Å². The number of halogens is 1. The zero-order chi connectivity index (χ0) is 21.1. The van der Waals surface area contributed by atoms with Crippen molar-refractivity contribution in [3.8, 4) is 0 Å². The lowest BCUT2D eigenvalue weighted by atomic mass is 9.81. The quantitative estimate of drug-likeness (QED) is 0.713. The topological polar surface area (TPSA) is 102 Å². The van der Waals surface area contributed by atoms with E-state index in [1.165, 1.54) is 11.4 Å². The normalized spacial score (nSPS) is 20.1. The minimum atomic E-state index is -3.89. The molecule has 3 rings (SSSR count). The monoisotopic (exact) mass is 428 g/mol. The van der Waals surface area contributed by atoms with E-state index in [9.17, 15) is 22.4 Å². The smallest absolute Gasteiger partial charge is 0.331 e. The predicted molar refractivity (Wildman–Crippen MR) is 101 cm³/mol. The van der Waals surface area contributed by atoms with E-state index in [0.29, 0.717) is 12.8 Å². The number of nitrogens with zero attached hydrogens (tertiary/aromatic N) is 1. The third-order valence-corrected chi connectivity index (χ3v) is 7.32. The summed E-state index contributed by atoms with van der Waals surface area (Å²) < 4.78 is 51.3. The number of methoxy groups -OCH3 is 1. The number of ether oxygens (including phenoxy) is 2. The fourth-order valence-electron chi connectivity index (χ4n) is 3.79. The van der Waals surface area contributed by atoms with Crippen LogP contribution in [0.3, 0.4) is 0 Å². The van der Waals surface area contributed by atoms with Gasteiger partial charge in [-0.2, -0.15) is 4.31 Å². The third kappa shape index (κ3) is 4.44. The van der Waals surface area contributed by atoms with Crippen LogP contribution in [0.25, 0.3) is 0 Å². The molecule has 0 unspecified atom stereocenters. The minimum Gasteiger partial charge on any atom is -0.467 e. The van der Waals surface area contributed by atoms with Crippen LogP contribution in [0.4, 0.5) is 4.39 Å². The molecule has 2 fully saturated rings. The van der Waals surface area contributed by atoms with Crippen LogP contribution in [0, 0.1) is 5.82 Å². The van der Waals surface area contributed by atoms with Crippen molar-refractivity contribution >= 4 is 21.9 Å². The molecule has 1 aromatic rings. The van der Waals surface area contributed by atoms with Gasteiger partial charge in [-0.15, -0.1) is 0 Å². The standard InChI is InChI=1S/C19H25FN2O6S/c1-27-18(24)19(7-3-2-4-8-19)21-17(23)15-13-14(5-6-16(15)20)29(25,26)22-9-11-28-12-10-22/h5-6,13H,2-4,7-12H2,1H3,(H,21,23). The van der Waals surface area contributed by atoms with Crippen molar-refractivity contribution in [3.63, 3.8) is 0 Å². The highest BCUT2D eigenvalue weighted by Crippen LogP contribution is 2.30. The van der Waals surface area contributed by atoms with Gasteiger partial charge < -0.3 is 14.8 Å². The van der Waals surface area contributed by atoms with Gasteiger partial charge in [0.2, 0.25) is 10.0 Å². The molecule has 1 N–H and O–H groups in total. The number of rotatable bonds is 5. The molecular weight excluding hydrogens is 403 g/mol. The molecule has 0 aromatic heterocycles. The van der Waals surface area contributed by atoms with Crippen molar-refractivity contribution in [2.75, 3.05) is 33.4 Å². The zero-order valence-electron chi connectivity index (χ0n) is 16.3. The maximum Gasteiger partial charge on any atom is 0.331 e. The Balaban J connectivity index is 1.89. The van der Waals surface area contributed by atoms with Crippen molar-refractivity contribution < 1.29 is 31.9 Å². The van der Waals surface area contributed by atoms with Crippen molar-refractivity contribution in [2.45, 2.75) is 42.5 Å². The van der Waals surface area contributed by atoms with Gasteiger partial charge in [0, 0.05) is 13.1 Å². The van der Waals surface area contributed by atoms with Crippen LogP contribution in [0.15, 0.2) is 23.1 Å². The van der Waals surface area contributed by atoms with Crippen molar-refractivity contribution in [3.05, 3.63) is 29.6 Å². The molecular formula is C19H25FN2O6S. The summed E-state index contributed by atoms with van der Waals surface area (Å²) in [7, 11) is -2.65. The Kier molecular flexibility index (Phi) is 6.55. The van der Waals surface area contributed by atoms with E-state index < -0.39 is 38.8 Å². The van der Waals surface area contributed by atoms with Crippen LogP contribution in [-0.4, -0.2) is 63.6 Å². The first-order valence-corrected chi connectivity index (χ1v) is 11.0. The molecule has 0 bridgehead atoms. The number of carbonyl (C=O) groups is 2. The van der Waals surface area contributed by atoms with Gasteiger partial charge >= 0.3 is 5.97 Å². The van der Waals surface area contributed by atoms with E-state index in [2.05, 4.69) is 5.32 Å². The average Bonchev–Trinajstić information content (AvgIpc) is 2.74. The lowest BCUT2D eigenvalue weighted by Crippen LogP contribution is -2.56. The van der Waals surface area contributed by atoms with Crippen LogP contribution < -0.4 is 5.32 Å². The van der Waals surface area contributed by atoms with Gasteiger partial charge in [0.05, 0.1) is 30.8 Å². The van der Waals surface area contributed by atoms with E-state index in [-0.39, 0.29) is 31.2 Å². The first-order chi connectivity index (χ1) is 13.8. The number of hydrogen-bond donors (Lipinski definition) is 1. The highest BCUT2D eigenvalue weighted by molar-refractivity contribution is 7.89. The molecule has 8 nitrogen and oxygen atoms in total. The molecule has 1 amide bonds. The summed E-state index contributed by atoms with van der Waals surface area (Å²) in [4.78, 5) is 25.0. The van der Waals surface area contributed by atoms with Crippen molar-refractivity contribution in [1.82, 2.24) is 9.62 Å². The lowest BCUT2D eigenvalue weighted by Gasteiger charge is -2.35. The molecule has 1 aliphatic heterocycles. The number of benzene rings is 1. The largest absolute Gasteiger partial charge is 0.467 e. The molecule has 0 atom stereocenters. The van der Waals surface area contributed by atoms with Crippen LogP contribution in [0.2, 0.25) is 0 Å². The number of amides is 1. The summed E-state index contributed by atoms with van der Waals surface area (Å²) in [6.45, 7) is 0.921. The van der Waals surface area contributed by atoms with E-state index in [4.69, 9.17) is 9.47 Å². The lowest BCUT2D eigenvalue weighted by molar-refractivity contribution is -0.149. The van der Waals surface area contributed by atoms with E-state index in [0.717, 1.165) is 37.5 Å². The number of nitrogens with one attached hydrogen (secondary N) is 1. The Morgan fingerprint density at radius 3 is 2.45 bits per heavy atom. The molecule has 1 aliphatic carbocycles. The second-order valence-electron chi connectivity index (χ2n) is 7.25. The van der Waals surface area contributed by atoms with Crippen LogP contribution in [0.5, 0.6) is 0 Å². The summed E-state index contributed by atoms with van der Waals surface area (Å²) in [5.41, 5.74) is -1.65. The Bertz CT molecular complexity index is 877. The Hall–Kier alpha value is -2.04. The van der Waals surface area contributed by atoms with E-state index in [1.807, 2.05) is 0 Å². The molecule has 1 saturated heterocycles. The SMILES string of the molecule is COC(=O)C1(NC(=O)c2cc(S(=O)(=O)N3CCOCC3)ccc2F)CCCCC1. The van der Waals surface area contributed by atoms with Gasteiger partial charge in [-0.05, 0) is 31.0 Å². The number of hydrogen-bond acceptors (Lipinski definition) is 6. The maximum atomic E-state index is 14.4. The van der Waals surface area contributed by atoms with Gasteiger partial charge in [-0.3, -0.25) is 4.79 Å². The molecule has 2 aliphatic rings. The number of esters is 1. The average molecular weight is 428 g/mol. The molecule has 1 heterocycles. The summed E-state index contributed by atoms with van der Waals surface area (Å²) >= 11 is 0. The Morgan fingerprint density at radius 1 is 1.17 bits per heavy atom. The van der Waals surface area contributed by atoms with Gasteiger partial charge in [-0.1, -0.05) is 19.3 Å². The van der Waals surface area contributed by atoms with Crippen LogP contribution in [0.1, 0.15) is 42.5 Å². The fraction of sp³-hybridized carbons (Fsp3) is 0.579. The van der Waals surface area contributed by atoms with Gasteiger partial charge in [0.15, 0.2) is 0 Å². The highest BCUT2D eigenvalue weighted by atomic mass is 32.2. The Morgan fingerprint density at radius 2 is 1.83 bits per heavy atom. The van der Waals surface area contributed by atoms with Gasteiger partial charge in [0.1, 0.15) is 11.4 Å². The van der Waals surface area contributed by atoms with Gasteiger partial charge in [-0.25, -0.2) is 17.6 Å². The Labute approximate surface area is 169 Å². The summed E-state index contributed by atoms with van der Waals surface area (Å²) in [5, 5.41) is 2.62. The van der Waals surface area contributed by atoms with Crippen molar-refractivity contribution in [2.24, 2.45) is 0 Å². The second-order valence-corrected chi connectivity index (χ2v) is 9.18. The minimum absolute atomic E-state index is 0.179. The first kappa shape index (κ1) is 21.7. The third-order valence-electron chi connectivity index (χ3n) is 5.43. The first-order valence-electron chi connectivity index (χ1n) is 9.58. The highest BCUT2D eigenvalue weighted by Gasteiger charge is 2.42. The molecule has 160 valence electrons. The second kappa shape index (κ2) is 8.76. The zero-order valence-corrected chi connectivity index (χ0v) is 17.1. The van der Waals surface area contributed by atoms with Gasteiger partial charge in [0.25, 0.3) is 5.91 Å². The number of carbonyl (C=O) groups excluding carboxylic acids is 2. The summed E-state index contributed by atoms with van der Waals surface area (Å²) in [6.07, 6.45) is 3.15. The number of sulfonamides is 1. The molecule has 29 heavy (non-hydrogen) atoms. The predicted octanol–water partition coefficient (Wildman–Crippen LogP) is 1.45. The maximum absolute atomic E-state index is 14.4. The summed E-state index contributed by atoms with van der Waals surface area (Å²) in [6, 6.07) is 3.10. The molecule has 0 spiro atoms. The number of morpholine rings is 1. The molecule has 0 radical (unpaired) electrons. The summed E-state index contributed by atoms with van der Waals surface area (Å²) in [5.74, 6) is -2.28. The van der Waals surface area contributed by atoms with Crippen LogP contribution in [-0.2, 0) is 24.3 Å². The van der Waals surface area contributed by atoms with Crippen LogP contribution >= 0.6 is 0 Å². The molecule has 10 heteroatoms. The molecule has 1 saturated carbocycles.